The van der Waals surface area contributed by atoms with Crippen LogP contribution in [-0.2, 0) is 6.54 Å². The lowest BCUT2D eigenvalue weighted by Gasteiger charge is -1.96. The lowest BCUT2D eigenvalue weighted by molar-refractivity contribution is 0.724. The van der Waals surface area contributed by atoms with E-state index in [0.717, 1.165) is 28.2 Å². The summed E-state index contributed by atoms with van der Waals surface area (Å²) >= 11 is 4.03. The highest BCUT2D eigenvalue weighted by molar-refractivity contribution is 14.1. The van der Waals surface area contributed by atoms with Crippen LogP contribution in [0.5, 0.6) is 0 Å². The normalized spacial score (nSPS) is 11.2. The third-order valence-corrected chi connectivity index (χ3v) is 3.03. The van der Waals surface area contributed by atoms with E-state index in [1.165, 1.54) is 0 Å². The van der Waals surface area contributed by atoms with E-state index in [9.17, 15) is 0 Å². The second kappa shape index (κ2) is 4.39. The zero-order valence-corrected chi connectivity index (χ0v) is 10.0. The number of nitrogens with one attached hydrogen (secondary N) is 1. The van der Waals surface area contributed by atoms with Crippen LogP contribution in [0, 0.1) is 0 Å². The van der Waals surface area contributed by atoms with Crippen LogP contribution in [0.15, 0.2) is 17.8 Å². The van der Waals surface area contributed by atoms with E-state index in [4.69, 9.17) is 0 Å². The molecule has 2 rings (SSSR count). The Kier molecular flexibility index (Phi) is 3.18. The first-order chi connectivity index (χ1) is 6.40. The number of thiazole rings is 1. The fraction of sp³-hybridized carbons (Fsp3) is 0.375. The SMILES string of the molecule is ICCNCc1cn2ccsc2n1. The number of rotatable bonds is 4. The Hall–Kier alpha value is -0.140. The highest BCUT2D eigenvalue weighted by Gasteiger charge is 2.00. The molecule has 0 aliphatic heterocycles. The minimum absolute atomic E-state index is 0.872. The van der Waals surface area contributed by atoms with Crippen LogP contribution in [0.4, 0.5) is 0 Å². The number of fused-ring (bicyclic) bond motifs is 1. The molecule has 2 aromatic heterocycles. The molecule has 0 spiro atoms. The number of alkyl halides is 1. The molecule has 13 heavy (non-hydrogen) atoms. The van der Waals surface area contributed by atoms with Gasteiger partial charge >= 0.3 is 0 Å². The monoisotopic (exact) mass is 307 g/mol. The van der Waals surface area contributed by atoms with E-state index < -0.39 is 0 Å². The fourth-order valence-electron chi connectivity index (χ4n) is 1.14. The molecule has 0 amide bonds. The maximum Gasteiger partial charge on any atom is 0.193 e. The Labute approximate surface area is 94.3 Å². The lowest BCUT2D eigenvalue weighted by atomic mass is 10.5. The van der Waals surface area contributed by atoms with Crippen molar-refractivity contribution in [3.8, 4) is 0 Å². The van der Waals surface area contributed by atoms with Gasteiger partial charge in [0.05, 0.1) is 5.69 Å². The first kappa shape index (κ1) is 9.42. The molecule has 0 bridgehead atoms. The van der Waals surface area contributed by atoms with Crippen LogP contribution in [0.25, 0.3) is 4.96 Å². The van der Waals surface area contributed by atoms with Crippen molar-refractivity contribution < 1.29 is 0 Å². The highest BCUT2D eigenvalue weighted by atomic mass is 127. The Morgan fingerprint density at radius 2 is 2.54 bits per heavy atom. The number of hydrogen-bond acceptors (Lipinski definition) is 3. The van der Waals surface area contributed by atoms with Crippen LogP contribution in [-0.4, -0.2) is 20.4 Å². The second-order valence-corrected chi connectivity index (χ2v) is 4.64. The standard InChI is InChI=1S/C8H10IN3S/c9-1-2-10-5-7-6-12-3-4-13-8(12)11-7/h3-4,6,10H,1-2,5H2. The van der Waals surface area contributed by atoms with E-state index in [1.807, 2.05) is 11.6 Å². The van der Waals surface area contributed by atoms with Gasteiger partial charge in [-0.15, -0.1) is 11.3 Å². The van der Waals surface area contributed by atoms with Crippen LogP contribution < -0.4 is 5.32 Å². The van der Waals surface area contributed by atoms with Crippen molar-refractivity contribution >= 4 is 38.9 Å². The van der Waals surface area contributed by atoms with Crippen LogP contribution in [0.1, 0.15) is 5.69 Å². The average molecular weight is 307 g/mol. The van der Waals surface area contributed by atoms with E-state index in [1.54, 1.807) is 11.3 Å². The first-order valence-electron chi connectivity index (χ1n) is 4.08. The van der Waals surface area contributed by atoms with E-state index in [-0.39, 0.29) is 0 Å². The van der Waals surface area contributed by atoms with Gasteiger partial charge < -0.3 is 5.32 Å². The fourth-order valence-corrected chi connectivity index (χ4v) is 2.24. The molecule has 1 N–H and O–H groups in total. The van der Waals surface area contributed by atoms with Crippen LogP contribution >= 0.6 is 33.9 Å². The van der Waals surface area contributed by atoms with Gasteiger partial charge in [0.25, 0.3) is 0 Å². The smallest absolute Gasteiger partial charge is 0.193 e. The Balaban J connectivity index is 2.03. The number of hydrogen-bond donors (Lipinski definition) is 1. The highest BCUT2D eigenvalue weighted by Crippen LogP contribution is 2.10. The molecule has 0 saturated heterocycles. The van der Waals surface area contributed by atoms with Gasteiger partial charge in [-0.2, -0.15) is 0 Å². The molecule has 0 fully saturated rings. The molecular formula is C8H10IN3S. The molecule has 0 unspecified atom stereocenters. The summed E-state index contributed by atoms with van der Waals surface area (Å²) in [4.78, 5) is 5.54. The average Bonchev–Trinajstić information content (AvgIpc) is 2.64. The van der Waals surface area contributed by atoms with Crippen LogP contribution in [0.2, 0.25) is 0 Å². The molecule has 0 aliphatic carbocycles. The van der Waals surface area contributed by atoms with Gasteiger partial charge in [-0.1, -0.05) is 22.6 Å². The van der Waals surface area contributed by atoms with Gasteiger partial charge in [0, 0.05) is 35.3 Å². The molecule has 0 atom stereocenters. The van der Waals surface area contributed by atoms with Gasteiger partial charge in [0.1, 0.15) is 0 Å². The van der Waals surface area contributed by atoms with Crippen molar-refractivity contribution in [1.82, 2.24) is 14.7 Å². The molecule has 2 heterocycles. The molecular weight excluding hydrogens is 297 g/mol. The van der Waals surface area contributed by atoms with Crippen molar-refractivity contribution in [3.05, 3.63) is 23.5 Å². The largest absolute Gasteiger partial charge is 0.310 e. The number of halogens is 1. The van der Waals surface area contributed by atoms with Crippen molar-refractivity contribution in [3.63, 3.8) is 0 Å². The summed E-state index contributed by atoms with van der Waals surface area (Å²) in [5.74, 6) is 0. The lowest BCUT2D eigenvalue weighted by Crippen LogP contribution is -2.15. The predicted molar refractivity (Wildman–Crippen MR) is 63.7 cm³/mol. The van der Waals surface area contributed by atoms with E-state index in [2.05, 4.69) is 43.5 Å². The Bertz CT molecular complexity index is 353. The minimum atomic E-state index is 0.872. The summed E-state index contributed by atoms with van der Waals surface area (Å²) < 4.78 is 3.20. The maximum absolute atomic E-state index is 4.46. The third-order valence-electron chi connectivity index (χ3n) is 1.72. The molecule has 0 aliphatic rings. The molecule has 5 heteroatoms. The molecule has 0 saturated carbocycles. The van der Waals surface area contributed by atoms with Gasteiger partial charge in [-0.25, -0.2) is 4.98 Å². The Morgan fingerprint density at radius 3 is 3.31 bits per heavy atom. The van der Waals surface area contributed by atoms with E-state index in [0.29, 0.717) is 0 Å². The van der Waals surface area contributed by atoms with Gasteiger partial charge in [0.15, 0.2) is 4.96 Å². The summed E-state index contributed by atoms with van der Waals surface area (Å²) in [7, 11) is 0. The van der Waals surface area contributed by atoms with Crippen molar-refractivity contribution in [2.45, 2.75) is 6.54 Å². The van der Waals surface area contributed by atoms with Crippen LogP contribution in [0.3, 0.4) is 0 Å². The third kappa shape index (κ3) is 2.21. The van der Waals surface area contributed by atoms with E-state index >= 15 is 0 Å². The first-order valence-corrected chi connectivity index (χ1v) is 6.48. The van der Waals surface area contributed by atoms with Crippen molar-refractivity contribution in [2.75, 3.05) is 11.0 Å². The van der Waals surface area contributed by atoms with Crippen molar-refractivity contribution in [1.29, 1.82) is 0 Å². The summed E-state index contributed by atoms with van der Waals surface area (Å²) in [6, 6.07) is 0. The van der Waals surface area contributed by atoms with Gasteiger partial charge in [-0.3, -0.25) is 4.40 Å². The number of aromatic nitrogens is 2. The number of nitrogens with zero attached hydrogens (tertiary/aromatic N) is 2. The summed E-state index contributed by atoms with van der Waals surface area (Å²) in [6.45, 7) is 1.92. The molecule has 3 nitrogen and oxygen atoms in total. The maximum atomic E-state index is 4.46. The molecule has 70 valence electrons. The molecule has 2 aromatic rings. The second-order valence-electron chi connectivity index (χ2n) is 2.69. The molecule has 0 aromatic carbocycles. The topological polar surface area (TPSA) is 29.3 Å². The summed E-state index contributed by atoms with van der Waals surface area (Å²) in [5, 5.41) is 5.37. The zero-order chi connectivity index (χ0) is 9.10. The Morgan fingerprint density at radius 1 is 1.62 bits per heavy atom. The summed E-state index contributed by atoms with van der Waals surface area (Å²) in [6.07, 6.45) is 4.11. The minimum Gasteiger partial charge on any atom is -0.310 e. The number of imidazole rings is 1. The zero-order valence-electron chi connectivity index (χ0n) is 7.03. The van der Waals surface area contributed by atoms with Gasteiger partial charge in [-0.05, 0) is 0 Å². The van der Waals surface area contributed by atoms with Crippen molar-refractivity contribution in [2.24, 2.45) is 0 Å². The molecule has 0 radical (unpaired) electrons. The summed E-state index contributed by atoms with van der Waals surface area (Å²) in [5.41, 5.74) is 1.12. The predicted octanol–water partition coefficient (Wildman–Crippen LogP) is 1.92. The van der Waals surface area contributed by atoms with Gasteiger partial charge in [0.2, 0.25) is 0 Å². The quantitative estimate of drug-likeness (QED) is 0.531.